The molecular weight excluding hydrogens is 490 g/mol. The lowest BCUT2D eigenvalue weighted by molar-refractivity contribution is -0.0739. The number of aromatic amines is 1. The summed E-state index contributed by atoms with van der Waals surface area (Å²) in [7, 11) is 0. The lowest BCUT2D eigenvalue weighted by Gasteiger charge is -2.21. The van der Waals surface area contributed by atoms with E-state index in [1.807, 2.05) is 5.43 Å². The van der Waals surface area contributed by atoms with E-state index in [9.17, 15) is 29.7 Å². The average molecular weight is 522 g/mol. The number of aliphatic hydroxyl groups is 3. The summed E-state index contributed by atoms with van der Waals surface area (Å²) in [6, 6.07) is 1.18. The van der Waals surface area contributed by atoms with Gasteiger partial charge in [0.15, 0.2) is 0 Å². The van der Waals surface area contributed by atoms with Gasteiger partial charge < -0.3 is 24.5 Å². The minimum absolute atomic E-state index is 0.0158. The van der Waals surface area contributed by atoms with Gasteiger partial charge in [-0.15, -0.1) is 5.10 Å². The van der Waals surface area contributed by atoms with Crippen molar-refractivity contribution in [3.05, 3.63) is 68.1 Å². The van der Waals surface area contributed by atoms with Crippen LogP contribution in [0, 0.1) is 0 Å². The standard InChI is InChI=1S/C22H31N7O8/c1-2-3-4-5-36-11-14-7-28(22(35)24-20(14)33)8-15-9-29(27-26-15)10-16(30)18(31)19(32)17-6-13(12-37-17)21(34)25-23/h6-7,9,12,16,18-19,30-32H,2-5,8,10-11,23H2,1H3,(H,25,34)(H,24,33,35)/t16-,18-,19-/m1/s1. The molecule has 1 amide bonds. The SMILES string of the molecule is CCCCCOCc1cn(Cc2cn(C[C@@H](O)[C@@H](O)[C@H](O)c3cc(C(=O)NN)co3)nn2)c(=O)[nH]c1=O. The predicted molar refractivity (Wildman–Crippen MR) is 127 cm³/mol. The Morgan fingerprint density at radius 3 is 2.78 bits per heavy atom. The van der Waals surface area contributed by atoms with E-state index in [0.29, 0.717) is 17.9 Å². The van der Waals surface area contributed by atoms with Gasteiger partial charge in [0.1, 0.15) is 36.0 Å². The quantitative estimate of drug-likeness (QED) is 0.0622. The number of hydrazine groups is 1. The molecule has 3 rings (SSSR count). The number of amides is 1. The molecule has 0 aliphatic heterocycles. The molecule has 0 spiro atoms. The van der Waals surface area contributed by atoms with Crippen LogP contribution in [0.2, 0.25) is 0 Å². The van der Waals surface area contributed by atoms with Crippen molar-refractivity contribution < 1.29 is 29.3 Å². The van der Waals surface area contributed by atoms with Crippen LogP contribution in [0.1, 0.15) is 59.7 Å². The maximum absolute atomic E-state index is 12.2. The monoisotopic (exact) mass is 521 g/mol. The molecule has 0 unspecified atom stereocenters. The van der Waals surface area contributed by atoms with Crippen LogP contribution in [-0.4, -0.2) is 64.6 Å². The van der Waals surface area contributed by atoms with E-state index in [1.165, 1.54) is 27.7 Å². The molecule has 3 aromatic heterocycles. The summed E-state index contributed by atoms with van der Waals surface area (Å²) in [4.78, 5) is 38.1. The highest BCUT2D eigenvalue weighted by molar-refractivity contribution is 5.93. The first kappa shape index (κ1) is 27.9. The van der Waals surface area contributed by atoms with Crippen molar-refractivity contribution in [2.45, 2.75) is 64.2 Å². The van der Waals surface area contributed by atoms with Crippen LogP contribution in [-0.2, 0) is 24.4 Å². The average Bonchev–Trinajstić information content (AvgIpc) is 3.55. The van der Waals surface area contributed by atoms with Gasteiger partial charge in [0.2, 0.25) is 0 Å². The van der Waals surface area contributed by atoms with Crippen molar-refractivity contribution >= 4 is 5.91 Å². The maximum Gasteiger partial charge on any atom is 0.328 e. The number of nitrogens with two attached hydrogens (primary N) is 1. The molecule has 15 nitrogen and oxygen atoms in total. The molecule has 202 valence electrons. The number of aromatic nitrogens is 5. The molecule has 0 saturated heterocycles. The number of H-pyrrole nitrogens is 1. The summed E-state index contributed by atoms with van der Waals surface area (Å²) in [6.45, 7) is 2.38. The molecule has 0 aliphatic carbocycles. The number of carbonyl (C=O) groups is 1. The van der Waals surface area contributed by atoms with Gasteiger partial charge in [-0.2, -0.15) is 0 Å². The molecule has 0 saturated carbocycles. The molecule has 3 atom stereocenters. The topological polar surface area (TPSA) is 224 Å². The Labute approximate surface area is 210 Å². The Kier molecular flexibility index (Phi) is 9.87. The Bertz CT molecular complexity index is 1280. The summed E-state index contributed by atoms with van der Waals surface area (Å²) in [5, 5.41) is 38.8. The van der Waals surface area contributed by atoms with E-state index in [1.54, 1.807) is 0 Å². The Morgan fingerprint density at radius 2 is 2.05 bits per heavy atom. The Hall–Kier alpha value is -3.63. The fourth-order valence-electron chi connectivity index (χ4n) is 3.47. The van der Waals surface area contributed by atoms with E-state index in [-0.39, 0.29) is 31.0 Å². The highest BCUT2D eigenvalue weighted by Crippen LogP contribution is 2.22. The Morgan fingerprint density at radius 1 is 1.27 bits per heavy atom. The van der Waals surface area contributed by atoms with Gasteiger partial charge in [0.05, 0.1) is 37.0 Å². The number of ether oxygens (including phenoxy) is 1. The molecule has 3 heterocycles. The second-order valence-electron chi connectivity index (χ2n) is 8.45. The maximum atomic E-state index is 12.2. The van der Waals surface area contributed by atoms with Crippen LogP contribution in [0.5, 0.6) is 0 Å². The van der Waals surface area contributed by atoms with Crippen LogP contribution < -0.4 is 22.5 Å². The predicted octanol–water partition coefficient (Wildman–Crippen LogP) is -1.46. The van der Waals surface area contributed by atoms with Gasteiger partial charge in [-0.05, 0) is 12.5 Å². The number of hydrogen-bond acceptors (Lipinski definition) is 11. The zero-order valence-electron chi connectivity index (χ0n) is 20.2. The third-order valence-corrected chi connectivity index (χ3v) is 5.55. The number of aliphatic hydroxyl groups excluding tert-OH is 3. The van der Waals surface area contributed by atoms with Crippen LogP contribution in [0.4, 0.5) is 0 Å². The highest BCUT2D eigenvalue weighted by atomic mass is 16.5. The summed E-state index contributed by atoms with van der Waals surface area (Å²) in [6.07, 6.45) is 2.02. The molecule has 0 aliphatic rings. The van der Waals surface area contributed by atoms with E-state index in [2.05, 4.69) is 22.2 Å². The first-order valence-corrected chi connectivity index (χ1v) is 11.7. The molecule has 0 aromatic carbocycles. The molecule has 0 fully saturated rings. The van der Waals surface area contributed by atoms with Crippen LogP contribution in [0.3, 0.4) is 0 Å². The zero-order chi connectivity index (χ0) is 26.9. The first-order chi connectivity index (χ1) is 17.7. The van der Waals surface area contributed by atoms with Gasteiger partial charge in [-0.25, -0.2) is 15.3 Å². The summed E-state index contributed by atoms with van der Waals surface area (Å²) in [5.41, 5.74) is 1.42. The van der Waals surface area contributed by atoms with E-state index < -0.39 is 35.5 Å². The normalized spacial score (nSPS) is 13.9. The third-order valence-electron chi connectivity index (χ3n) is 5.55. The number of nitrogen functional groups attached to an aromatic ring is 1. The highest BCUT2D eigenvalue weighted by Gasteiger charge is 2.29. The van der Waals surface area contributed by atoms with Crippen molar-refractivity contribution in [1.29, 1.82) is 0 Å². The molecule has 3 aromatic rings. The number of furan rings is 1. The minimum Gasteiger partial charge on any atom is -0.466 e. The van der Waals surface area contributed by atoms with Crippen LogP contribution in [0.25, 0.3) is 0 Å². The molecule has 37 heavy (non-hydrogen) atoms. The first-order valence-electron chi connectivity index (χ1n) is 11.7. The van der Waals surface area contributed by atoms with Gasteiger partial charge in [0.25, 0.3) is 11.5 Å². The number of unbranched alkanes of at least 4 members (excludes halogenated alkanes) is 2. The summed E-state index contributed by atoms with van der Waals surface area (Å²) >= 11 is 0. The number of hydrogen-bond donors (Lipinski definition) is 6. The minimum atomic E-state index is -1.69. The summed E-state index contributed by atoms with van der Waals surface area (Å²) in [5.74, 6) is 4.24. The van der Waals surface area contributed by atoms with Crippen molar-refractivity contribution in [3.63, 3.8) is 0 Å². The smallest absolute Gasteiger partial charge is 0.328 e. The molecule has 0 bridgehead atoms. The molecular formula is C22H31N7O8. The van der Waals surface area contributed by atoms with Crippen molar-refractivity contribution in [2.24, 2.45) is 5.84 Å². The van der Waals surface area contributed by atoms with E-state index >= 15 is 0 Å². The van der Waals surface area contributed by atoms with Crippen molar-refractivity contribution in [2.75, 3.05) is 6.61 Å². The van der Waals surface area contributed by atoms with Crippen molar-refractivity contribution in [3.8, 4) is 0 Å². The largest absolute Gasteiger partial charge is 0.466 e. The number of rotatable bonds is 14. The number of nitrogens with one attached hydrogen (secondary N) is 2. The van der Waals surface area contributed by atoms with Crippen LogP contribution in [0.15, 0.2) is 38.7 Å². The van der Waals surface area contributed by atoms with Gasteiger partial charge >= 0.3 is 5.69 Å². The Balaban J connectivity index is 1.60. The number of nitrogens with zero attached hydrogens (tertiary/aromatic N) is 4. The van der Waals surface area contributed by atoms with Gasteiger partial charge in [-0.1, -0.05) is 25.0 Å². The molecule has 15 heteroatoms. The zero-order valence-corrected chi connectivity index (χ0v) is 20.2. The summed E-state index contributed by atoms with van der Waals surface area (Å²) < 4.78 is 13.1. The van der Waals surface area contributed by atoms with Crippen molar-refractivity contribution in [1.82, 2.24) is 30.0 Å². The molecule has 7 N–H and O–H groups in total. The van der Waals surface area contributed by atoms with E-state index in [4.69, 9.17) is 15.0 Å². The second kappa shape index (κ2) is 13.1. The van der Waals surface area contributed by atoms with Gasteiger partial charge in [0, 0.05) is 12.8 Å². The third kappa shape index (κ3) is 7.43. The van der Waals surface area contributed by atoms with Crippen LogP contribution >= 0.6 is 0 Å². The lowest BCUT2D eigenvalue weighted by Crippen LogP contribution is -2.35. The van der Waals surface area contributed by atoms with E-state index in [0.717, 1.165) is 25.5 Å². The molecule has 0 radical (unpaired) electrons. The second-order valence-corrected chi connectivity index (χ2v) is 8.45. The fraction of sp³-hybridized carbons (Fsp3) is 0.500. The lowest BCUT2D eigenvalue weighted by atomic mass is 10.1. The van der Waals surface area contributed by atoms with Gasteiger partial charge in [-0.3, -0.25) is 24.6 Å². The number of carbonyl (C=O) groups excluding carboxylic acids is 1. The fourth-order valence-corrected chi connectivity index (χ4v) is 3.47.